The topological polar surface area (TPSA) is 58.2 Å². The Morgan fingerprint density at radius 2 is 1.72 bits per heavy atom. The van der Waals surface area contributed by atoms with Crippen LogP contribution in [-0.4, -0.2) is 18.4 Å². The van der Waals surface area contributed by atoms with Gasteiger partial charge in [-0.25, -0.2) is 4.39 Å². The molecule has 1 aromatic rings. The maximum Gasteiger partial charge on any atom is 0.243 e. The lowest BCUT2D eigenvalue weighted by Gasteiger charge is -2.55. The second kappa shape index (κ2) is 6.11. The van der Waals surface area contributed by atoms with Gasteiger partial charge in [-0.05, 0) is 87.0 Å². The van der Waals surface area contributed by atoms with Gasteiger partial charge in [0.05, 0.1) is 6.54 Å². The van der Waals surface area contributed by atoms with Crippen molar-refractivity contribution < 1.29 is 14.0 Å². The molecule has 5 rings (SSSR count). The van der Waals surface area contributed by atoms with Crippen molar-refractivity contribution in [1.82, 2.24) is 5.32 Å². The lowest BCUT2D eigenvalue weighted by atomic mass is 9.49. The van der Waals surface area contributed by atoms with Gasteiger partial charge in [0.2, 0.25) is 11.8 Å². The van der Waals surface area contributed by atoms with E-state index in [0.29, 0.717) is 29.0 Å². The van der Waals surface area contributed by atoms with E-state index >= 15 is 0 Å². The van der Waals surface area contributed by atoms with Gasteiger partial charge in [0.1, 0.15) is 5.82 Å². The maximum atomic E-state index is 13.1. The maximum absolute atomic E-state index is 13.1. The van der Waals surface area contributed by atoms with E-state index in [0.717, 1.165) is 19.3 Å². The first-order valence-electron chi connectivity index (χ1n) is 9.28. The molecule has 4 aliphatic rings. The Balaban J connectivity index is 1.35. The van der Waals surface area contributed by atoms with Crippen molar-refractivity contribution in [1.29, 1.82) is 0 Å². The van der Waals surface area contributed by atoms with E-state index in [1.54, 1.807) is 13.0 Å². The third-order valence-corrected chi connectivity index (χ3v) is 6.39. The number of carbonyl (C=O) groups is 2. The first-order chi connectivity index (χ1) is 11.9. The summed E-state index contributed by atoms with van der Waals surface area (Å²) >= 11 is 0. The molecule has 5 heteroatoms. The molecule has 25 heavy (non-hydrogen) atoms. The molecule has 134 valence electrons. The highest BCUT2D eigenvalue weighted by atomic mass is 19.1. The predicted octanol–water partition coefficient (Wildman–Crippen LogP) is 3.41. The lowest BCUT2D eigenvalue weighted by molar-refractivity contribution is -0.146. The minimum Gasteiger partial charge on any atom is -0.347 e. The van der Waals surface area contributed by atoms with Crippen molar-refractivity contribution >= 4 is 17.5 Å². The molecule has 4 aliphatic carbocycles. The molecule has 0 aromatic heterocycles. The summed E-state index contributed by atoms with van der Waals surface area (Å²) in [6.45, 7) is 1.71. The molecule has 2 N–H and O–H groups in total. The van der Waals surface area contributed by atoms with Crippen LogP contribution in [0.4, 0.5) is 10.1 Å². The molecule has 4 fully saturated rings. The zero-order valence-corrected chi connectivity index (χ0v) is 14.6. The van der Waals surface area contributed by atoms with Crippen LogP contribution >= 0.6 is 0 Å². The van der Waals surface area contributed by atoms with E-state index in [1.807, 2.05) is 0 Å². The Kier molecular flexibility index (Phi) is 4.05. The number of rotatable bonds is 4. The van der Waals surface area contributed by atoms with Gasteiger partial charge >= 0.3 is 0 Å². The Morgan fingerprint density at radius 1 is 1.12 bits per heavy atom. The van der Waals surface area contributed by atoms with Gasteiger partial charge in [-0.15, -0.1) is 0 Å². The molecule has 0 spiro atoms. The molecule has 0 saturated heterocycles. The number of nitrogens with one attached hydrogen (secondary N) is 2. The molecule has 0 aliphatic heterocycles. The van der Waals surface area contributed by atoms with Crippen LogP contribution in [0.3, 0.4) is 0 Å². The van der Waals surface area contributed by atoms with E-state index in [-0.39, 0.29) is 29.6 Å². The summed E-state index contributed by atoms with van der Waals surface area (Å²) < 4.78 is 13.1. The quantitative estimate of drug-likeness (QED) is 0.879. The van der Waals surface area contributed by atoms with Crippen LogP contribution in [-0.2, 0) is 9.59 Å². The molecular weight excluding hydrogens is 319 g/mol. The van der Waals surface area contributed by atoms with Crippen molar-refractivity contribution in [3.63, 3.8) is 0 Å². The third kappa shape index (κ3) is 3.16. The highest BCUT2D eigenvalue weighted by molar-refractivity contribution is 5.96. The molecule has 0 unspecified atom stereocenters. The van der Waals surface area contributed by atoms with Crippen molar-refractivity contribution in [2.45, 2.75) is 45.4 Å². The summed E-state index contributed by atoms with van der Waals surface area (Å²) in [5.41, 5.74) is 1.01. The zero-order chi connectivity index (χ0) is 17.6. The summed E-state index contributed by atoms with van der Waals surface area (Å²) in [6.07, 6.45) is 6.83. The summed E-state index contributed by atoms with van der Waals surface area (Å²) in [4.78, 5) is 25.0. The van der Waals surface area contributed by atoms with Crippen LogP contribution in [0.25, 0.3) is 0 Å². The van der Waals surface area contributed by atoms with Crippen LogP contribution < -0.4 is 10.6 Å². The summed E-state index contributed by atoms with van der Waals surface area (Å²) in [5, 5.41) is 5.61. The Morgan fingerprint density at radius 3 is 2.28 bits per heavy atom. The van der Waals surface area contributed by atoms with E-state index in [4.69, 9.17) is 0 Å². The van der Waals surface area contributed by atoms with Crippen molar-refractivity contribution in [3.05, 3.63) is 29.6 Å². The van der Waals surface area contributed by atoms with Gasteiger partial charge in [-0.2, -0.15) is 0 Å². The van der Waals surface area contributed by atoms with Gasteiger partial charge in [0.15, 0.2) is 0 Å². The van der Waals surface area contributed by atoms with Crippen LogP contribution in [0.1, 0.15) is 44.1 Å². The van der Waals surface area contributed by atoms with Gasteiger partial charge in [-0.1, -0.05) is 0 Å². The predicted molar refractivity (Wildman–Crippen MR) is 93.4 cm³/mol. The number of aryl methyl sites for hydroxylation is 1. The molecule has 1 aromatic carbocycles. The van der Waals surface area contributed by atoms with E-state index < -0.39 is 0 Å². The Labute approximate surface area is 147 Å². The number of amides is 2. The molecule has 4 saturated carbocycles. The zero-order valence-electron chi connectivity index (χ0n) is 14.6. The fourth-order valence-electron chi connectivity index (χ4n) is 5.70. The van der Waals surface area contributed by atoms with E-state index in [2.05, 4.69) is 10.6 Å². The number of carbonyl (C=O) groups excluding carboxylic acids is 2. The molecule has 0 atom stereocenters. The Hall–Kier alpha value is -1.91. The highest BCUT2D eigenvalue weighted by Gasteiger charge is 2.54. The fraction of sp³-hybridized carbons (Fsp3) is 0.600. The van der Waals surface area contributed by atoms with Crippen LogP contribution in [0.5, 0.6) is 0 Å². The molecule has 4 bridgehead atoms. The highest BCUT2D eigenvalue weighted by Crippen LogP contribution is 2.60. The van der Waals surface area contributed by atoms with E-state index in [1.165, 1.54) is 31.4 Å². The molecule has 0 radical (unpaired) electrons. The average molecular weight is 344 g/mol. The first-order valence-corrected chi connectivity index (χ1v) is 9.28. The van der Waals surface area contributed by atoms with Gasteiger partial charge in [0.25, 0.3) is 0 Å². The molecular formula is C20H25FN2O2. The first kappa shape index (κ1) is 16.6. The summed E-state index contributed by atoms with van der Waals surface area (Å²) in [6, 6.07) is 4.24. The minimum atomic E-state index is -0.328. The average Bonchev–Trinajstić information content (AvgIpc) is 2.54. The van der Waals surface area contributed by atoms with Crippen molar-refractivity contribution in [2.75, 3.05) is 11.9 Å². The lowest BCUT2D eigenvalue weighted by Crippen LogP contribution is -2.54. The van der Waals surface area contributed by atoms with Crippen molar-refractivity contribution in [2.24, 2.45) is 23.2 Å². The molecule has 0 heterocycles. The standard InChI is InChI=1S/C20H25FN2O2/c1-12-4-16(21)2-3-17(12)23-18(24)11-22-19(25)20-8-13-5-14(9-20)7-15(6-13)10-20/h2-4,13-15H,5-11H2,1H3,(H,22,25)(H,23,24). The van der Waals surface area contributed by atoms with E-state index in [9.17, 15) is 14.0 Å². The fourth-order valence-corrected chi connectivity index (χ4v) is 5.70. The van der Waals surface area contributed by atoms with Crippen LogP contribution in [0.15, 0.2) is 18.2 Å². The molecule has 2 amide bonds. The van der Waals surface area contributed by atoms with Gasteiger partial charge in [-0.3, -0.25) is 9.59 Å². The number of anilines is 1. The van der Waals surface area contributed by atoms with Gasteiger partial charge < -0.3 is 10.6 Å². The van der Waals surface area contributed by atoms with Crippen molar-refractivity contribution in [3.8, 4) is 0 Å². The minimum absolute atomic E-state index is 0.0304. The SMILES string of the molecule is Cc1cc(F)ccc1NC(=O)CNC(=O)C12CC3CC(CC(C3)C1)C2. The summed E-state index contributed by atoms with van der Waals surface area (Å²) in [5.74, 6) is 1.56. The number of benzene rings is 1. The number of hydrogen-bond acceptors (Lipinski definition) is 2. The Bertz CT molecular complexity index is 680. The third-order valence-electron chi connectivity index (χ3n) is 6.39. The second-order valence-electron chi connectivity index (χ2n) is 8.39. The smallest absolute Gasteiger partial charge is 0.243 e. The van der Waals surface area contributed by atoms with Crippen LogP contribution in [0, 0.1) is 35.9 Å². The largest absolute Gasteiger partial charge is 0.347 e. The molecule has 4 nitrogen and oxygen atoms in total. The normalized spacial score (nSPS) is 32.5. The summed E-state index contributed by atoms with van der Waals surface area (Å²) in [7, 11) is 0. The monoisotopic (exact) mass is 344 g/mol. The number of halogens is 1. The van der Waals surface area contributed by atoms with Gasteiger partial charge in [0, 0.05) is 11.1 Å². The van der Waals surface area contributed by atoms with Crippen LogP contribution in [0.2, 0.25) is 0 Å². The number of hydrogen-bond donors (Lipinski definition) is 2. The second-order valence-corrected chi connectivity index (χ2v) is 8.39.